The van der Waals surface area contributed by atoms with Gasteiger partial charge in [-0.15, -0.1) is 0 Å². The number of nitriles is 2. The number of hydrogen-bond acceptors (Lipinski definition) is 9. The van der Waals surface area contributed by atoms with Gasteiger partial charge in [-0.25, -0.2) is 9.98 Å². The summed E-state index contributed by atoms with van der Waals surface area (Å²) in [4.78, 5) is 8.60. The van der Waals surface area contributed by atoms with E-state index in [1.165, 1.54) is 12.1 Å². The minimum Gasteiger partial charge on any atom is -0.508 e. The summed E-state index contributed by atoms with van der Waals surface area (Å²) in [5.74, 6) is 0.515. The first-order chi connectivity index (χ1) is 12.0. The Morgan fingerprint density at radius 1 is 1.32 bits per heavy atom. The summed E-state index contributed by atoms with van der Waals surface area (Å²) in [5, 5.41) is 33.0. The van der Waals surface area contributed by atoms with Gasteiger partial charge >= 0.3 is 0 Å². The van der Waals surface area contributed by atoms with Gasteiger partial charge in [0.25, 0.3) is 0 Å². The number of phenolic OH excluding ortho intramolecular Hbond substituents is 1. The Labute approximate surface area is 150 Å². The number of anilines is 3. The quantitative estimate of drug-likeness (QED) is 0.355. The van der Waals surface area contributed by atoms with E-state index in [0.717, 1.165) is 0 Å². The molecule has 2 aromatic rings. The second kappa shape index (κ2) is 6.19. The highest BCUT2D eigenvalue weighted by Gasteiger charge is 2.30. The van der Waals surface area contributed by atoms with E-state index in [-0.39, 0.29) is 28.8 Å². The Bertz CT molecular complexity index is 988. The lowest BCUT2D eigenvalue weighted by Crippen LogP contribution is -2.32. The van der Waals surface area contributed by atoms with Crippen molar-refractivity contribution in [2.24, 2.45) is 4.99 Å². The molecule has 25 heavy (non-hydrogen) atoms. The number of nitrogens with two attached hydrogens (primary N) is 2. The Kier molecular flexibility index (Phi) is 4.05. The number of phenols is 1. The Hall–Kier alpha value is -3.50. The van der Waals surface area contributed by atoms with Crippen LogP contribution in [0.4, 0.5) is 17.3 Å². The second-order valence-electron chi connectivity index (χ2n) is 5.11. The third-order valence-electron chi connectivity index (χ3n) is 3.64. The summed E-state index contributed by atoms with van der Waals surface area (Å²) in [6.45, 7) is 0. The molecule has 1 aliphatic rings. The van der Waals surface area contributed by atoms with Gasteiger partial charge in [-0.1, -0.05) is 22.0 Å². The number of guanidine groups is 1. The van der Waals surface area contributed by atoms with Crippen LogP contribution in [0.5, 0.6) is 5.75 Å². The molecule has 1 aromatic carbocycles. The first-order valence-corrected chi connectivity index (χ1v) is 7.72. The molecule has 10 heteroatoms. The summed E-state index contributed by atoms with van der Waals surface area (Å²) < 4.78 is 0.583. The molecule has 7 N–H and O–H groups in total. The van der Waals surface area contributed by atoms with Gasteiger partial charge < -0.3 is 21.9 Å². The summed E-state index contributed by atoms with van der Waals surface area (Å²) in [6.07, 6.45) is 1.78. The highest BCUT2D eigenvalue weighted by molar-refractivity contribution is 9.10. The van der Waals surface area contributed by atoms with Gasteiger partial charge in [0.2, 0.25) is 5.96 Å². The molecular formula is C15H11BrN8O. The van der Waals surface area contributed by atoms with Crippen molar-refractivity contribution in [3.8, 4) is 18.0 Å². The van der Waals surface area contributed by atoms with Gasteiger partial charge in [0.05, 0.1) is 5.69 Å². The molecule has 124 valence electrons. The van der Waals surface area contributed by atoms with Crippen LogP contribution in [0.3, 0.4) is 0 Å². The number of nitrogens with one attached hydrogen (secondary N) is 2. The summed E-state index contributed by atoms with van der Waals surface area (Å²) >= 11 is 3.38. The molecule has 9 nitrogen and oxygen atoms in total. The molecular weight excluding hydrogens is 388 g/mol. The smallest absolute Gasteiger partial charge is 0.211 e. The number of hydrogen-bond donors (Lipinski definition) is 5. The van der Waals surface area contributed by atoms with Crippen LogP contribution in [0.2, 0.25) is 0 Å². The fourth-order valence-corrected chi connectivity index (χ4v) is 3.13. The number of nitrogen functional groups attached to an aromatic ring is 2. The van der Waals surface area contributed by atoms with Crippen LogP contribution >= 0.6 is 15.9 Å². The van der Waals surface area contributed by atoms with E-state index in [4.69, 9.17) is 16.7 Å². The highest BCUT2D eigenvalue weighted by atomic mass is 79.9. The van der Waals surface area contributed by atoms with E-state index in [2.05, 4.69) is 36.5 Å². The van der Waals surface area contributed by atoms with Gasteiger partial charge in [-0.05, 0) is 17.7 Å². The number of benzene rings is 1. The van der Waals surface area contributed by atoms with Crippen molar-refractivity contribution in [2.75, 3.05) is 16.8 Å². The number of nitrogens with zero attached hydrogens (tertiary/aromatic N) is 4. The number of rotatable bonds is 1. The average Bonchev–Trinajstić information content (AvgIpc) is 2.54. The molecule has 0 saturated heterocycles. The molecule has 1 atom stereocenters. The van der Waals surface area contributed by atoms with Crippen molar-refractivity contribution in [1.82, 2.24) is 10.3 Å². The number of halogens is 1. The Balaban J connectivity index is 2.28. The van der Waals surface area contributed by atoms with E-state index in [1.807, 2.05) is 6.07 Å². The van der Waals surface area contributed by atoms with E-state index < -0.39 is 6.04 Å². The van der Waals surface area contributed by atoms with Crippen LogP contribution in [-0.2, 0) is 0 Å². The topological polar surface area (TPSA) is 169 Å². The molecule has 1 aromatic heterocycles. The maximum absolute atomic E-state index is 9.61. The van der Waals surface area contributed by atoms with Gasteiger partial charge in [-0.2, -0.15) is 10.5 Å². The van der Waals surface area contributed by atoms with Crippen molar-refractivity contribution >= 4 is 39.2 Å². The van der Waals surface area contributed by atoms with E-state index in [9.17, 15) is 10.4 Å². The standard InChI is InChI=1S/C15H11BrN8O/c16-9-3-6(25)1-2-7(9)12-10-11(19)8(4-17)13(20)23-14(10)24-15(22-12)21-5-18/h1-3,12,25H,(H6,19,20,21,22,23,24). The van der Waals surface area contributed by atoms with Crippen LogP contribution in [-0.4, -0.2) is 16.1 Å². The minimum atomic E-state index is -0.665. The molecule has 0 amide bonds. The molecule has 0 radical (unpaired) electrons. The summed E-state index contributed by atoms with van der Waals surface area (Å²) in [7, 11) is 0. The molecule has 0 bridgehead atoms. The lowest BCUT2D eigenvalue weighted by atomic mass is 9.95. The molecule has 3 rings (SSSR count). The maximum Gasteiger partial charge on any atom is 0.211 e. The Morgan fingerprint density at radius 3 is 2.72 bits per heavy atom. The van der Waals surface area contributed by atoms with Gasteiger partial charge in [-0.3, -0.25) is 5.32 Å². The van der Waals surface area contributed by atoms with Crippen molar-refractivity contribution in [1.29, 1.82) is 10.5 Å². The molecule has 0 aliphatic carbocycles. The first-order valence-electron chi connectivity index (χ1n) is 6.93. The normalized spacial score (nSPS) is 15.2. The predicted molar refractivity (Wildman–Crippen MR) is 95.2 cm³/mol. The number of aliphatic imine (C=N–C) groups is 1. The van der Waals surface area contributed by atoms with E-state index in [1.54, 1.807) is 12.3 Å². The maximum atomic E-state index is 9.61. The Morgan fingerprint density at radius 2 is 2.08 bits per heavy atom. The van der Waals surface area contributed by atoms with Crippen LogP contribution in [0.1, 0.15) is 22.7 Å². The summed E-state index contributed by atoms with van der Waals surface area (Å²) in [5.41, 5.74) is 13.3. The molecule has 1 unspecified atom stereocenters. The fourth-order valence-electron chi connectivity index (χ4n) is 2.54. The minimum absolute atomic E-state index is 0.0204. The van der Waals surface area contributed by atoms with Crippen LogP contribution in [0, 0.1) is 22.8 Å². The zero-order valence-corrected chi connectivity index (χ0v) is 14.2. The molecule has 0 saturated carbocycles. The SMILES string of the molecule is N#CNC1=NC(c2ccc(O)cc2Br)c2c(nc(N)c(C#N)c2N)N1. The van der Waals surface area contributed by atoms with Gasteiger partial charge in [0.15, 0.2) is 6.19 Å². The van der Waals surface area contributed by atoms with Crippen molar-refractivity contribution in [3.05, 3.63) is 39.4 Å². The van der Waals surface area contributed by atoms with E-state index >= 15 is 0 Å². The number of aromatic hydroxyl groups is 1. The second-order valence-corrected chi connectivity index (χ2v) is 5.96. The zero-order chi connectivity index (χ0) is 18.1. The number of fused-ring (bicyclic) bond motifs is 1. The fraction of sp³-hybridized carbons (Fsp3) is 0.0667. The van der Waals surface area contributed by atoms with Crippen LogP contribution in [0.25, 0.3) is 0 Å². The third kappa shape index (κ3) is 2.75. The largest absolute Gasteiger partial charge is 0.508 e. The zero-order valence-electron chi connectivity index (χ0n) is 12.6. The molecule has 2 heterocycles. The van der Waals surface area contributed by atoms with Crippen molar-refractivity contribution < 1.29 is 5.11 Å². The number of pyridine rings is 1. The summed E-state index contributed by atoms with van der Waals surface area (Å²) in [6, 6.07) is 5.94. The van der Waals surface area contributed by atoms with Crippen LogP contribution in [0.15, 0.2) is 27.7 Å². The van der Waals surface area contributed by atoms with Gasteiger partial charge in [0, 0.05) is 10.0 Å². The first kappa shape index (κ1) is 16.4. The lowest BCUT2D eigenvalue weighted by molar-refractivity contribution is 0.474. The third-order valence-corrected chi connectivity index (χ3v) is 4.32. The molecule has 0 spiro atoms. The average molecular weight is 399 g/mol. The van der Waals surface area contributed by atoms with Crippen LogP contribution < -0.4 is 22.1 Å². The number of aromatic nitrogens is 1. The monoisotopic (exact) mass is 398 g/mol. The van der Waals surface area contributed by atoms with E-state index in [0.29, 0.717) is 21.4 Å². The lowest BCUT2D eigenvalue weighted by Gasteiger charge is -2.26. The van der Waals surface area contributed by atoms with Gasteiger partial charge in [0.1, 0.15) is 35.1 Å². The molecule has 0 fully saturated rings. The highest BCUT2D eigenvalue weighted by Crippen LogP contribution is 2.42. The molecule has 1 aliphatic heterocycles. The van der Waals surface area contributed by atoms with Crippen molar-refractivity contribution in [2.45, 2.75) is 6.04 Å². The predicted octanol–water partition coefficient (Wildman–Crippen LogP) is 1.53. The van der Waals surface area contributed by atoms with Crippen molar-refractivity contribution in [3.63, 3.8) is 0 Å².